The Kier molecular flexibility index (Phi) is 4.32. The third kappa shape index (κ3) is 4.53. The third-order valence-electron chi connectivity index (χ3n) is 1.23. The van der Waals surface area contributed by atoms with Crippen molar-refractivity contribution in [3.05, 3.63) is 12.7 Å². The second-order valence-electron chi connectivity index (χ2n) is 2.99. The molecule has 0 aliphatic heterocycles. The van der Waals surface area contributed by atoms with Crippen LogP contribution in [0.1, 0.15) is 13.8 Å². The summed E-state index contributed by atoms with van der Waals surface area (Å²) in [4.78, 5) is 0. The molecule has 0 heterocycles. The zero-order valence-electron chi connectivity index (χ0n) is 7.11. The van der Waals surface area contributed by atoms with E-state index in [1.165, 1.54) is 0 Å². The summed E-state index contributed by atoms with van der Waals surface area (Å²) in [5, 5.41) is 3.27. The van der Waals surface area contributed by atoms with Crippen LogP contribution in [0.4, 0.5) is 0 Å². The molecule has 0 bridgehead atoms. The summed E-state index contributed by atoms with van der Waals surface area (Å²) >= 11 is 0. The maximum absolute atomic E-state index is 5.01. The fourth-order valence-electron chi connectivity index (χ4n) is 0.760. The predicted octanol–water partition coefficient (Wildman–Crippen LogP) is 1.19. The van der Waals surface area contributed by atoms with Crippen LogP contribution in [-0.2, 0) is 4.74 Å². The largest absolute Gasteiger partial charge is 0.383 e. The lowest BCUT2D eigenvalue weighted by Crippen LogP contribution is -2.43. The zero-order chi connectivity index (χ0) is 8.04. The molecule has 0 unspecified atom stereocenters. The van der Waals surface area contributed by atoms with Gasteiger partial charge < -0.3 is 10.1 Å². The van der Waals surface area contributed by atoms with E-state index in [9.17, 15) is 0 Å². The molecule has 0 aromatic rings. The van der Waals surface area contributed by atoms with Gasteiger partial charge in [0, 0.05) is 19.2 Å². The molecular formula is C8H17NO. The minimum absolute atomic E-state index is 0.0585. The molecule has 2 nitrogen and oxygen atoms in total. The van der Waals surface area contributed by atoms with E-state index in [1.807, 2.05) is 6.08 Å². The summed E-state index contributed by atoms with van der Waals surface area (Å²) in [6.45, 7) is 9.37. The lowest BCUT2D eigenvalue weighted by molar-refractivity contribution is 0.131. The predicted molar refractivity (Wildman–Crippen MR) is 44.2 cm³/mol. The van der Waals surface area contributed by atoms with Gasteiger partial charge in [0.2, 0.25) is 0 Å². The Hall–Kier alpha value is -0.340. The molecule has 2 heteroatoms. The number of ether oxygens (including phenoxy) is 1. The summed E-state index contributed by atoms with van der Waals surface area (Å²) in [6, 6.07) is 0. The van der Waals surface area contributed by atoms with Crippen molar-refractivity contribution < 1.29 is 4.74 Å². The van der Waals surface area contributed by atoms with E-state index in [2.05, 4.69) is 25.7 Å². The molecule has 0 saturated carbocycles. The van der Waals surface area contributed by atoms with Gasteiger partial charge >= 0.3 is 0 Å². The van der Waals surface area contributed by atoms with Crippen LogP contribution in [-0.4, -0.2) is 25.8 Å². The first-order valence-electron chi connectivity index (χ1n) is 3.47. The van der Waals surface area contributed by atoms with Gasteiger partial charge in [0.05, 0.1) is 6.61 Å². The van der Waals surface area contributed by atoms with Crippen molar-refractivity contribution in [2.45, 2.75) is 19.4 Å². The molecule has 0 amide bonds. The SMILES string of the molecule is C=CCNC(C)(C)COC. The van der Waals surface area contributed by atoms with E-state index < -0.39 is 0 Å². The van der Waals surface area contributed by atoms with Gasteiger partial charge in [-0.05, 0) is 13.8 Å². The fraction of sp³-hybridized carbons (Fsp3) is 0.750. The van der Waals surface area contributed by atoms with E-state index in [-0.39, 0.29) is 5.54 Å². The first-order chi connectivity index (χ1) is 4.62. The highest BCUT2D eigenvalue weighted by Gasteiger charge is 2.14. The summed E-state index contributed by atoms with van der Waals surface area (Å²) in [6.07, 6.45) is 1.84. The first-order valence-corrected chi connectivity index (χ1v) is 3.47. The molecule has 0 aliphatic rings. The number of hydrogen-bond donors (Lipinski definition) is 1. The smallest absolute Gasteiger partial charge is 0.0639 e. The molecule has 0 aliphatic carbocycles. The number of rotatable bonds is 5. The molecular weight excluding hydrogens is 126 g/mol. The van der Waals surface area contributed by atoms with Gasteiger partial charge in [-0.1, -0.05) is 6.08 Å². The van der Waals surface area contributed by atoms with Crippen molar-refractivity contribution in [2.24, 2.45) is 0 Å². The average molecular weight is 143 g/mol. The van der Waals surface area contributed by atoms with E-state index in [0.717, 1.165) is 13.2 Å². The zero-order valence-corrected chi connectivity index (χ0v) is 7.11. The van der Waals surface area contributed by atoms with Gasteiger partial charge in [-0.15, -0.1) is 6.58 Å². The van der Waals surface area contributed by atoms with Crippen LogP contribution in [0.2, 0.25) is 0 Å². The molecule has 0 rings (SSSR count). The highest BCUT2D eigenvalue weighted by molar-refractivity contribution is 4.81. The topological polar surface area (TPSA) is 21.3 Å². The van der Waals surface area contributed by atoms with Crippen LogP contribution in [0.15, 0.2) is 12.7 Å². The molecule has 0 atom stereocenters. The average Bonchev–Trinajstić information content (AvgIpc) is 1.84. The Morgan fingerprint density at radius 2 is 2.20 bits per heavy atom. The molecule has 0 spiro atoms. The van der Waals surface area contributed by atoms with Crippen LogP contribution in [0.3, 0.4) is 0 Å². The number of methoxy groups -OCH3 is 1. The Balaban J connectivity index is 3.51. The fourth-order valence-corrected chi connectivity index (χ4v) is 0.760. The van der Waals surface area contributed by atoms with Crippen LogP contribution in [0, 0.1) is 0 Å². The van der Waals surface area contributed by atoms with Crippen molar-refractivity contribution in [1.82, 2.24) is 5.32 Å². The highest BCUT2D eigenvalue weighted by Crippen LogP contribution is 2.00. The van der Waals surface area contributed by atoms with E-state index in [1.54, 1.807) is 7.11 Å². The Bertz CT molecular complexity index is 99.4. The van der Waals surface area contributed by atoms with Crippen molar-refractivity contribution in [1.29, 1.82) is 0 Å². The Morgan fingerprint density at radius 3 is 2.60 bits per heavy atom. The summed E-state index contributed by atoms with van der Waals surface area (Å²) in [5.74, 6) is 0. The molecule has 0 aromatic carbocycles. The lowest BCUT2D eigenvalue weighted by Gasteiger charge is -2.24. The highest BCUT2D eigenvalue weighted by atomic mass is 16.5. The normalized spacial score (nSPS) is 11.5. The molecule has 0 radical (unpaired) electrons. The van der Waals surface area contributed by atoms with Gasteiger partial charge in [-0.3, -0.25) is 0 Å². The summed E-state index contributed by atoms with van der Waals surface area (Å²) in [7, 11) is 1.71. The van der Waals surface area contributed by atoms with Crippen LogP contribution in [0.25, 0.3) is 0 Å². The van der Waals surface area contributed by atoms with Crippen LogP contribution >= 0.6 is 0 Å². The van der Waals surface area contributed by atoms with Crippen molar-refractivity contribution in [2.75, 3.05) is 20.3 Å². The maximum atomic E-state index is 5.01. The molecule has 0 aromatic heterocycles. The van der Waals surface area contributed by atoms with Gasteiger partial charge in [0.1, 0.15) is 0 Å². The molecule has 1 N–H and O–H groups in total. The Labute approximate surface area is 63.3 Å². The van der Waals surface area contributed by atoms with E-state index in [4.69, 9.17) is 4.74 Å². The second-order valence-corrected chi connectivity index (χ2v) is 2.99. The van der Waals surface area contributed by atoms with E-state index in [0.29, 0.717) is 0 Å². The van der Waals surface area contributed by atoms with Gasteiger partial charge in [0.15, 0.2) is 0 Å². The quantitative estimate of drug-likeness (QED) is 0.584. The molecule has 0 fully saturated rings. The number of hydrogen-bond acceptors (Lipinski definition) is 2. The second kappa shape index (κ2) is 4.47. The molecule has 0 saturated heterocycles. The Morgan fingerprint density at radius 1 is 1.60 bits per heavy atom. The van der Waals surface area contributed by atoms with E-state index >= 15 is 0 Å². The monoisotopic (exact) mass is 143 g/mol. The van der Waals surface area contributed by atoms with Crippen molar-refractivity contribution in [3.63, 3.8) is 0 Å². The summed E-state index contributed by atoms with van der Waals surface area (Å²) in [5.41, 5.74) is 0.0585. The van der Waals surface area contributed by atoms with Gasteiger partial charge in [0.25, 0.3) is 0 Å². The summed E-state index contributed by atoms with van der Waals surface area (Å²) < 4.78 is 5.01. The van der Waals surface area contributed by atoms with Crippen LogP contribution < -0.4 is 5.32 Å². The van der Waals surface area contributed by atoms with Crippen molar-refractivity contribution in [3.8, 4) is 0 Å². The first kappa shape index (κ1) is 9.66. The standard InChI is InChI=1S/C8H17NO/c1-5-6-9-8(2,3)7-10-4/h5,9H,1,6-7H2,2-4H3. The number of nitrogens with one attached hydrogen (secondary N) is 1. The molecule has 10 heavy (non-hydrogen) atoms. The lowest BCUT2D eigenvalue weighted by atomic mass is 10.1. The van der Waals surface area contributed by atoms with Crippen molar-refractivity contribution >= 4 is 0 Å². The third-order valence-corrected chi connectivity index (χ3v) is 1.23. The minimum atomic E-state index is 0.0585. The van der Waals surface area contributed by atoms with Crippen LogP contribution in [0.5, 0.6) is 0 Å². The minimum Gasteiger partial charge on any atom is -0.383 e. The maximum Gasteiger partial charge on any atom is 0.0639 e. The van der Waals surface area contributed by atoms with Gasteiger partial charge in [-0.25, -0.2) is 0 Å². The molecule has 60 valence electrons. The van der Waals surface area contributed by atoms with Gasteiger partial charge in [-0.2, -0.15) is 0 Å².